The van der Waals surface area contributed by atoms with Gasteiger partial charge in [-0.05, 0) is 24.3 Å². The molecule has 1 aromatic heterocycles. The molecular weight excluding hydrogens is 352 g/mol. The van der Waals surface area contributed by atoms with E-state index in [1.807, 2.05) is 0 Å². The van der Waals surface area contributed by atoms with Gasteiger partial charge in [-0.2, -0.15) is 4.31 Å². The molecule has 0 spiro atoms. The maximum atomic E-state index is 13.8. The number of halogens is 2. The molecule has 9 heteroatoms. The first-order valence-corrected chi connectivity index (χ1v) is 8.99. The Morgan fingerprint density at radius 2 is 1.64 bits per heavy atom. The van der Waals surface area contributed by atoms with Crippen molar-refractivity contribution in [2.75, 3.05) is 26.2 Å². The van der Waals surface area contributed by atoms with Crippen LogP contribution in [0.3, 0.4) is 0 Å². The molecule has 1 fully saturated rings. The summed E-state index contributed by atoms with van der Waals surface area (Å²) in [6, 6.07) is 6.16. The molecule has 1 aromatic carbocycles. The van der Waals surface area contributed by atoms with Crippen LogP contribution >= 0.6 is 0 Å². The third-order valence-corrected chi connectivity index (χ3v) is 5.90. The Hall–Kier alpha value is -2.39. The lowest BCUT2D eigenvalue weighted by Crippen LogP contribution is -2.50. The summed E-state index contributed by atoms with van der Waals surface area (Å²) >= 11 is 0. The van der Waals surface area contributed by atoms with Crippen molar-refractivity contribution in [2.24, 2.45) is 0 Å². The lowest BCUT2D eigenvalue weighted by atomic mass is 10.2. The van der Waals surface area contributed by atoms with Gasteiger partial charge in [0, 0.05) is 38.6 Å². The first kappa shape index (κ1) is 17.4. The SMILES string of the molecule is O=C(c1cccnc1)N1CCN(S(=O)(=O)c2c(F)cccc2F)CC1. The number of rotatable bonds is 3. The molecule has 0 radical (unpaired) electrons. The second-order valence-corrected chi connectivity index (χ2v) is 7.36. The van der Waals surface area contributed by atoms with Gasteiger partial charge in [-0.1, -0.05) is 6.07 Å². The number of aromatic nitrogens is 1. The summed E-state index contributed by atoms with van der Waals surface area (Å²) in [5, 5.41) is 0. The van der Waals surface area contributed by atoms with Crippen LogP contribution < -0.4 is 0 Å². The standard InChI is InChI=1S/C16H15F2N3O3S/c17-13-4-1-5-14(18)15(13)25(23,24)21-9-7-20(8-10-21)16(22)12-3-2-6-19-11-12/h1-6,11H,7-10H2. The summed E-state index contributed by atoms with van der Waals surface area (Å²) in [6.45, 7) is 0.177. The molecule has 132 valence electrons. The normalized spacial score (nSPS) is 16.0. The number of nitrogens with zero attached hydrogens (tertiary/aromatic N) is 3. The summed E-state index contributed by atoms with van der Waals surface area (Å²) in [7, 11) is -4.30. The number of hydrogen-bond acceptors (Lipinski definition) is 4. The molecule has 0 unspecified atom stereocenters. The first-order valence-electron chi connectivity index (χ1n) is 7.55. The van der Waals surface area contributed by atoms with Crippen molar-refractivity contribution in [1.29, 1.82) is 0 Å². The molecule has 0 saturated carbocycles. The van der Waals surface area contributed by atoms with Crippen molar-refractivity contribution < 1.29 is 22.0 Å². The largest absolute Gasteiger partial charge is 0.336 e. The number of amides is 1. The number of hydrogen-bond donors (Lipinski definition) is 0. The average Bonchev–Trinajstić information content (AvgIpc) is 2.61. The molecule has 2 aromatic rings. The van der Waals surface area contributed by atoms with Crippen molar-refractivity contribution in [3.05, 3.63) is 59.9 Å². The summed E-state index contributed by atoms with van der Waals surface area (Å²) in [6.07, 6.45) is 2.98. The maximum absolute atomic E-state index is 13.8. The van der Waals surface area contributed by atoms with E-state index in [-0.39, 0.29) is 32.1 Å². The van der Waals surface area contributed by atoms with Gasteiger partial charge in [-0.25, -0.2) is 17.2 Å². The fourth-order valence-electron chi connectivity index (χ4n) is 2.66. The van der Waals surface area contributed by atoms with Crippen LogP contribution in [-0.2, 0) is 10.0 Å². The minimum absolute atomic E-state index is 0.0396. The number of carbonyl (C=O) groups is 1. The summed E-state index contributed by atoms with van der Waals surface area (Å²) < 4.78 is 53.6. The Morgan fingerprint density at radius 1 is 1.00 bits per heavy atom. The van der Waals surface area contributed by atoms with Gasteiger partial charge in [0.15, 0.2) is 4.90 Å². The van der Waals surface area contributed by atoms with Crippen molar-refractivity contribution in [1.82, 2.24) is 14.2 Å². The fourth-order valence-corrected chi connectivity index (χ4v) is 4.19. The van der Waals surface area contributed by atoms with Crippen LogP contribution in [0.15, 0.2) is 47.6 Å². The van der Waals surface area contributed by atoms with Gasteiger partial charge in [0.2, 0.25) is 10.0 Å². The third kappa shape index (κ3) is 3.38. The molecule has 0 atom stereocenters. The lowest BCUT2D eigenvalue weighted by Gasteiger charge is -2.34. The van der Waals surface area contributed by atoms with Crippen molar-refractivity contribution in [3.63, 3.8) is 0 Å². The topological polar surface area (TPSA) is 70.6 Å². The average molecular weight is 367 g/mol. The van der Waals surface area contributed by atoms with E-state index in [1.54, 1.807) is 18.3 Å². The third-order valence-electron chi connectivity index (χ3n) is 3.95. The van der Waals surface area contributed by atoms with Gasteiger partial charge < -0.3 is 4.90 Å². The molecule has 0 bridgehead atoms. The summed E-state index contributed by atoms with van der Waals surface area (Å²) in [5.41, 5.74) is 0.402. The van der Waals surface area contributed by atoms with E-state index in [0.29, 0.717) is 5.56 Å². The van der Waals surface area contributed by atoms with Crippen LogP contribution in [0.5, 0.6) is 0 Å². The van der Waals surface area contributed by atoms with Crippen LogP contribution in [0.25, 0.3) is 0 Å². The highest BCUT2D eigenvalue weighted by Crippen LogP contribution is 2.23. The molecular formula is C16H15F2N3O3S. The second kappa shape index (κ2) is 6.85. The first-order chi connectivity index (χ1) is 11.9. The zero-order chi connectivity index (χ0) is 18.0. The Bertz CT molecular complexity index is 863. The van der Waals surface area contributed by atoms with Gasteiger partial charge in [-0.15, -0.1) is 0 Å². The zero-order valence-electron chi connectivity index (χ0n) is 13.1. The minimum Gasteiger partial charge on any atom is -0.336 e. The Morgan fingerprint density at radius 3 is 2.20 bits per heavy atom. The van der Waals surface area contributed by atoms with Crippen molar-refractivity contribution >= 4 is 15.9 Å². The smallest absolute Gasteiger partial charge is 0.255 e. The predicted octanol–water partition coefficient (Wildman–Crippen LogP) is 1.51. The van der Waals surface area contributed by atoms with E-state index in [1.165, 1.54) is 11.1 Å². The zero-order valence-corrected chi connectivity index (χ0v) is 13.9. The van der Waals surface area contributed by atoms with Crippen LogP contribution in [0.4, 0.5) is 8.78 Å². The van der Waals surface area contributed by atoms with E-state index in [2.05, 4.69) is 4.98 Å². The molecule has 1 aliphatic rings. The van der Waals surface area contributed by atoms with E-state index < -0.39 is 26.6 Å². The predicted molar refractivity (Wildman–Crippen MR) is 85.3 cm³/mol. The Labute approximate surface area is 143 Å². The van der Waals surface area contributed by atoms with Gasteiger partial charge in [0.05, 0.1) is 5.56 Å². The van der Waals surface area contributed by atoms with Crippen LogP contribution in [-0.4, -0.2) is 54.7 Å². The quantitative estimate of drug-likeness (QED) is 0.825. The van der Waals surface area contributed by atoms with Crippen LogP contribution in [0, 0.1) is 11.6 Å². The molecule has 1 amide bonds. The van der Waals surface area contributed by atoms with Gasteiger partial charge in [0.25, 0.3) is 5.91 Å². The molecule has 25 heavy (non-hydrogen) atoms. The maximum Gasteiger partial charge on any atom is 0.255 e. The summed E-state index contributed by atoms with van der Waals surface area (Å²) in [5.74, 6) is -2.52. The number of carbonyl (C=O) groups excluding carboxylic acids is 1. The number of sulfonamides is 1. The highest BCUT2D eigenvalue weighted by atomic mass is 32.2. The van der Waals surface area contributed by atoms with Gasteiger partial charge >= 0.3 is 0 Å². The monoisotopic (exact) mass is 367 g/mol. The minimum atomic E-state index is -4.30. The summed E-state index contributed by atoms with van der Waals surface area (Å²) in [4.78, 5) is 16.7. The molecule has 1 aliphatic heterocycles. The molecule has 0 aliphatic carbocycles. The Balaban J connectivity index is 1.75. The van der Waals surface area contributed by atoms with E-state index in [0.717, 1.165) is 22.5 Å². The van der Waals surface area contributed by atoms with Crippen LogP contribution in [0.2, 0.25) is 0 Å². The van der Waals surface area contributed by atoms with Crippen molar-refractivity contribution in [3.8, 4) is 0 Å². The highest BCUT2D eigenvalue weighted by molar-refractivity contribution is 7.89. The highest BCUT2D eigenvalue weighted by Gasteiger charge is 2.34. The fraction of sp³-hybridized carbons (Fsp3) is 0.250. The number of benzene rings is 1. The van der Waals surface area contributed by atoms with E-state index >= 15 is 0 Å². The van der Waals surface area contributed by atoms with Gasteiger partial charge in [0.1, 0.15) is 11.6 Å². The van der Waals surface area contributed by atoms with E-state index in [9.17, 15) is 22.0 Å². The van der Waals surface area contributed by atoms with Crippen molar-refractivity contribution in [2.45, 2.75) is 4.90 Å². The second-order valence-electron chi connectivity index (χ2n) is 5.49. The van der Waals surface area contributed by atoms with Gasteiger partial charge in [-0.3, -0.25) is 9.78 Å². The number of piperazine rings is 1. The number of pyridine rings is 1. The van der Waals surface area contributed by atoms with Crippen LogP contribution in [0.1, 0.15) is 10.4 Å². The lowest BCUT2D eigenvalue weighted by molar-refractivity contribution is 0.0697. The molecule has 3 rings (SSSR count). The van der Waals surface area contributed by atoms with E-state index in [4.69, 9.17) is 0 Å². The molecule has 0 N–H and O–H groups in total. The molecule has 6 nitrogen and oxygen atoms in total. The molecule has 2 heterocycles. The molecule has 1 saturated heterocycles. The Kier molecular flexibility index (Phi) is 4.78.